The molecule has 5 heteroatoms. The Morgan fingerprint density at radius 2 is 2.17 bits per heavy atom. The second kappa shape index (κ2) is 5.27. The molecule has 2 N–H and O–H groups in total. The number of hydrogen-bond donors (Lipinski definition) is 2. The molecule has 0 atom stereocenters. The fourth-order valence-electron chi connectivity index (χ4n) is 1.68. The maximum absolute atomic E-state index is 11.9. The number of nitrogens with one attached hydrogen (secondary N) is 1. The molecule has 1 aromatic heterocycles. The van der Waals surface area contributed by atoms with Crippen LogP contribution in [0.1, 0.15) is 16.1 Å². The quantitative estimate of drug-likeness (QED) is 0.915. The molecular formula is C13H13BrN2O2. The summed E-state index contributed by atoms with van der Waals surface area (Å²) in [6.07, 6.45) is 1.81. The summed E-state index contributed by atoms with van der Waals surface area (Å²) in [5.74, 6) is 0.0114. The van der Waals surface area contributed by atoms with Gasteiger partial charge in [0.2, 0.25) is 0 Å². The Labute approximate surface area is 113 Å². The number of carbonyl (C=O) groups excluding carboxylic acids is 1. The van der Waals surface area contributed by atoms with Gasteiger partial charge in [0.25, 0.3) is 5.91 Å². The highest BCUT2D eigenvalue weighted by Crippen LogP contribution is 2.16. The molecule has 0 aliphatic rings. The lowest BCUT2D eigenvalue weighted by Gasteiger charge is -2.07. The van der Waals surface area contributed by atoms with E-state index < -0.39 is 0 Å². The fourth-order valence-corrected chi connectivity index (χ4v) is 2.20. The standard InChI is InChI=1S/C13H13BrN2O2/c1-16-8-10(14)6-11(16)13(18)15-7-9-4-2-3-5-12(9)17/h2-6,8,17H,7H2,1H3,(H,15,18). The van der Waals surface area contributed by atoms with E-state index in [0.717, 1.165) is 4.47 Å². The van der Waals surface area contributed by atoms with E-state index in [0.29, 0.717) is 17.8 Å². The number of phenolic OH excluding ortho intramolecular Hbond substituents is 1. The van der Waals surface area contributed by atoms with Gasteiger partial charge in [0, 0.05) is 29.8 Å². The molecule has 0 fully saturated rings. The topological polar surface area (TPSA) is 54.3 Å². The number of phenols is 1. The molecule has 1 aromatic carbocycles. The number of carbonyl (C=O) groups is 1. The zero-order valence-corrected chi connectivity index (χ0v) is 11.4. The van der Waals surface area contributed by atoms with E-state index in [1.54, 1.807) is 35.9 Å². The number of para-hydroxylation sites is 1. The molecule has 0 aliphatic carbocycles. The fraction of sp³-hybridized carbons (Fsp3) is 0.154. The van der Waals surface area contributed by atoms with E-state index >= 15 is 0 Å². The van der Waals surface area contributed by atoms with Gasteiger partial charge < -0.3 is 15.0 Å². The lowest BCUT2D eigenvalue weighted by atomic mass is 10.2. The molecule has 18 heavy (non-hydrogen) atoms. The summed E-state index contributed by atoms with van der Waals surface area (Å²) < 4.78 is 2.60. The Kier molecular flexibility index (Phi) is 3.72. The van der Waals surface area contributed by atoms with Crippen molar-refractivity contribution in [2.24, 2.45) is 7.05 Å². The summed E-state index contributed by atoms with van der Waals surface area (Å²) in [6.45, 7) is 0.300. The average molecular weight is 309 g/mol. The Hall–Kier alpha value is -1.75. The third kappa shape index (κ3) is 2.73. The van der Waals surface area contributed by atoms with Crippen molar-refractivity contribution in [1.29, 1.82) is 0 Å². The molecule has 4 nitrogen and oxygen atoms in total. The van der Waals surface area contributed by atoms with Crippen LogP contribution < -0.4 is 5.32 Å². The van der Waals surface area contributed by atoms with Crippen LogP contribution in [0.5, 0.6) is 5.75 Å². The van der Waals surface area contributed by atoms with Crippen LogP contribution in [-0.2, 0) is 13.6 Å². The highest BCUT2D eigenvalue weighted by molar-refractivity contribution is 9.10. The van der Waals surface area contributed by atoms with Gasteiger partial charge in [0.15, 0.2) is 0 Å². The van der Waals surface area contributed by atoms with Crippen molar-refractivity contribution < 1.29 is 9.90 Å². The van der Waals surface area contributed by atoms with E-state index in [2.05, 4.69) is 21.2 Å². The van der Waals surface area contributed by atoms with Crippen molar-refractivity contribution in [2.75, 3.05) is 0 Å². The van der Waals surface area contributed by atoms with Gasteiger partial charge in [-0.15, -0.1) is 0 Å². The summed E-state index contributed by atoms with van der Waals surface area (Å²) in [7, 11) is 1.81. The van der Waals surface area contributed by atoms with Gasteiger partial charge in [-0.25, -0.2) is 0 Å². The van der Waals surface area contributed by atoms with Crippen LogP contribution in [0.15, 0.2) is 41.0 Å². The van der Waals surface area contributed by atoms with Gasteiger partial charge in [-0.3, -0.25) is 4.79 Å². The number of aromatic nitrogens is 1. The zero-order chi connectivity index (χ0) is 13.1. The minimum atomic E-state index is -0.175. The number of halogens is 1. The van der Waals surface area contributed by atoms with Gasteiger partial charge in [0.05, 0.1) is 0 Å². The average Bonchev–Trinajstić information content (AvgIpc) is 2.67. The Morgan fingerprint density at radius 3 is 2.78 bits per heavy atom. The Bertz CT molecular complexity index is 578. The molecule has 0 saturated carbocycles. The number of aromatic hydroxyl groups is 1. The number of aryl methyl sites for hydroxylation is 1. The Balaban J connectivity index is 2.05. The van der Waals surface area contributed by atoms with Crippen LogP contribution in [0.25, 0.3) is 0 Å². The van der Waals surface area contributed by atoms with Crippen molar-refractivity contribution in [1.82, 2.24) is 9.88 Å². The molecule has 0 unspecified atom stereocenters. The monoisotopic (exact) mass is 308 g/mol. The predicted molar refractivity (Wildman–Crippen MR) is 72.4 cm³/mol. The summed E-state index contributed by atoms with van der Waals surface area (Å²) >= 11 is 3.32. The van der Waals surface area contributed by atoms with Crippen LogP contribution >= 0.6 is 15.9 Å². The summed E-state index contributed by atoms with van der Waals surface area (Å²) in [5.41, 5.74) is 1.26. The Morgan fingerprint density at radius 1 is 1.44 bits per heavy atom. The van der Waals surface area contributed by atoms with Crippen molar-refractivity contribution in [2.45, 2.75) is 6.54 Å². The molecule has 0 radical (unpaired) electrons. The molecule has 0 aliphatic heterocycles. The molecule has 0 spiro atoms. The summed E-state index contributed by atoms with van der Waals surface area (Å²) in [5, 5.41) is 12.4. The minimum absolute atomic E-state index is 0.175. The second-order valence-electron chi connectivity index (χ2n) is 3.97. The molecule has 94 valence electrons. The molecule has 0 saturated heterocycles. The highest BCUT2D eigenvalue weighted by atomic mass is 79.9. The summed E-state index contributed by atoms with van der Waals surface area (Å²) in [4.78, 5) is 11.9. The maximum atomic E-state index is 11.9. The van der Waals surface area contributed by atoms with Crippen molar-refractivity contribution in [3.8, 4) is 5.75 Å². The predicted octanol–water partition coefficient (Wildman–Crippen LogP) is 2.42. The van der Waals surface area contributed by atoms with E-state index in [1.165, 1.54) is 0 Å². The molecule has 1 heterocycles. The van der Waals surface area contributed by atoms with Gasteiger partial charge in [-0.2, -0.15) is 0 Å². The second-order valence-corrected chi connectivity index (χ2v) is 4.88. The SMILES string of the molecule is Cn1cc(Br)cc1C(=O)NCc1ccccc1O. The highest BCUT2D eigenvalue weighted by Gasteiger charge is 2.11. The van der Waals surface area contributed by atoms with Crippen LogP contribution in [0.3, 0.4) is 0 Å². The van der Waals surface area contributed by atoms with E-state index in [4.69, 9.17) is 0 Å². The van der Waals surface area contributed by atoms with E-state index in [9.17, 15) is 9.90 Å². The molecule has 1 amide bonds. The maximum Gasteiger partial charge on any atom is 0.268 e. The van der Waals surface area contributed by atoms with Crippen molar-refractivity contribution >= 4 is 21.8 Å². The van der Waals surface area contributed by atoms with Crippen LogP contribution in [-0.4, -0.2) is 15.6 Å². The van der Waals surface area contributed by atoms with Crippen molar-refractivity contribution in [3.63, 3.8) is 0 Å². The number of amides is 1. The normalized spacial score (nSPS) is 10.3. The van der Waals surface area contributed by atoms with E-state index in [-0.39, 0.29) is 11.7 Å². The van der Waals surface area contributed by atoms with Crippen LogP contribution in [0, 0.1) is 0 Å². The number of hydrogen-bond acceptors (Lipinski definition) is 2. The molecule has 2 aromatic rings. The lowest BCUT2D eigenvalue weighted by Crippen LogP contribution is -2.24. The first-order chi connectivity index (χ1) is 8.58. The van der Waals surface area contributed by atoms with E-state index in [1.807, 2.05) is 12.3 Å². The summed E-state index contributed by atoms with van der Waals surface area (Å²) in [6, 6.07) is 8.69. The van der Waals surface area contributed by atoms with Gasteiger partial charge in [0.1, 0.15) is 11.4 Å². The third-order valence-electron chi connectivity index (χ3n) is 2.64. The van der Waals surface area contributed by atoms with Crippen LogP contribution in [0.4, 0.5) is 0 Å². The van der Waals surface area contributed by atoms with Crippen LogP contribution in [0.2, 0.25) is 0 Å². The van der Waals surface area contributed by atoms with Gasteiger partial charge in [-0.1, -0.05) is 18.2 Å². The first-order valence-corrected chi connectivity index (χ1v) is 6.24. The molecule has 0 bridgehead atoms. The lowest BCUT2D eigenvalue weighted by molar-refractivity contribution is 0.0942. The first kappa shape index (κ1) is 12.7. The van der Waals surface area contributed by atoms with Gasteiger partial charge >= 0.3 is 0 Å². The molecular weight excluding hydrogens is 296 g/mol. The smallest absolute Gasteiger partial charge is 0.268 e. The minimum Gasteiger partial charge on any atom is -0.508 e. The number of benzene rings is 1. The van der Waals surface area contributed by atoms with Crippen molar-refractivity contribution in [3.05, 3.63) is 52.3 Å². The largest absolute Gasteiger partial charge is 0.508 e. The zero-order valence-electron chi connectivity index (χ0n) is 9.85. The van der Waals surface area contributed by atoms with Gasteiger partial charge in [-0.05, 0) is 28.1 Å². The number of rotatable bonds is 3. The molecule has 2 rings (SSSR count). The number of nitrogens with zero attached hydrogens (tertiary/aromatic N) is 1. The third-order valence-corrected chi connectivity index (χ3v) is 3.07. The first-order valence-electron chi connectivity index (χ1n) is 5.45.